The van der Waals surface area contributed by atoms with E-state index in [1.807, 2.05) is 20.8 Å². The Morgan fingerprint density at radius 1 is 1.17 bits per heavy atom. The maximum atomic E-state index is 12.9. The van der Waals surface area contributed by atoms with Crippen LogP contribution in [0.5, 0.6) is 0 Å². The molecule has 0 bridgehead atoms. The van der Waals surface area contributed by atoms with E-state index < -0.39 is 8.07 Å². The van der Waals surface area contributed by atoms with E-state index in [0.717, 1.165) is 30.6 Å². The zero-order chi connectivity index (χ0) is 22.4. The molecule has 1 aromatic heterocycles. The summed E-state index contributed by atoms with van der Waals surface area (Å²) < 4.78 is 19.3. The lowest BCUT2D eigenvalue weighted by Gasteiger charge is -2.25. The second-order valence-corrected chi connectivity index (χ2v) is 16.5. The Balaban J connectivity index is 3.00. The average Bonchev–Trinajstić information content (AvgIpc) is 2.61. The van der Waals surface area contributed by atoms with E-state index in [1.54, 1.807) is 0 Å². The van der Waals surface area contributed by atoms with Crippen LogP contribution in [0.3, 0.4) is 0 Å². The summed E-state index contributed by atoms with van der Waals surface area (Å²) in [7, 11) is -1.10. The van der Waals surface area contributed by atoms with Crippen molar-refractivity contribution in [2.45, 2.75) is 91.6 Å². The number of hydrogen-bond donors (Lipinski definition) is 0. The number of halogens is 1. The molecule has 0 aromatic carbocycles. The Labute approximate surface area is 191 Å². The first kappa shape index (κ1) is 26.6. The maximum absolute atomic E-state index is 12.9. The smallest absolute Gasteiger partial charge is 0.191 e. The first-order valence-corrected chi connectivity index (χ1v) is 15.3. The summed E-state index contributed by atoms with van der Waals surface area (Å²) in [5, 5.41) is 0. The van der Waals surface area contributed by atoms with Crippen molar-refractivity contribution in [1.29, 1.82) is 0 Å². The van der Waals surface area contributed by atoms with Gasteiger partial charge in [0.2, 0.25) is 0 Å². The van der Waals surface area contributed by atoms with Gasteiger partial charge in [0, 0.05) is 37.6 Å². The van der Waals surface area contributed by atoms with Gasteiger partial charge in [-0.25, -0.2) is 0 Å². The summed E-state index contributed by atoms with van der Waals surface area (Å²) in [4.78, 5) is 12.9. The van der Waals surface area contributed by atoms with Crippen LogP contribution in [0.25, 0.3) is 0 Å². The molecule has 0 aliphatic carbocycles. The van der Waals surface area contributed by atoms with Crippen molar-refractivity contribution in [2.75, 3.05) is 13.4 Å². The Kier molecular flexibility index (Phi) is 10.8. The van der Waals surface area contributed by atoms with Gasteiger partial charge in [-0.1, -0.05) is 46.5 Å². The molecule has 1 rings (SSSR count). The molecular formula is C23H39IO4Si. The molecule has 3 atom stereocenters. The summed E-state index contributed by atoms with van der Waals surface area (Å²) in [6, 6.07) is 1.12. The van der Waals surface area contributed by atoms with Crippen molar-refractivity contribution < 1.29 is 13.9 Å². The van der Waals surface area contributed by atoms with Gasteiger partial charge >= 0.3 is 0 Å². The highest BCUT2D eigenvalue weighted by molar-refractivity contribution is 14.1. The van der Waals surface area contributed by atoms with Gasteiger partial charge in [0.25, 0.3) is 0 Å². The largest absolute Gasteiger partial charge is 0.464 e. The molecule has 1 heterocycles. The third kappa shape index (κ3) is 8.30. The van der Waals surface area contributed by atoms with E-state index in [0.29, 0.717) is 11.1 Å². The molecule has 0 radical (unpaired) electrons. The van der Waals surface area contributed by atoms with E-state index in [9.17, 15) is 4.79 Å². The fourth-order valence-electron chi connectivity index (χ4n) is 3.42. The molecule has 0 fully saturated rings. The van der Waals surface area contributed by atoms with E-state index >= 15 is 0 Å². The van der Waals surface area contributed by atoms with Crippen LogP contribution >= 0.6 is 22.6 Å². The van der Waals surface area contributed by atoms with E-state index in [2.05, 4.69) is 69.1 Å². The quantitative estimate of drug-likeness (QED) is 0.134. The first-order chi connectivity index (χ1) is 13.4. The summed E-state index contributed by atoms with van der Waals surface area (Å²) >= 11 is 2.29. The second kappa shape index (κ2) is 11.8. The fourth-order valence-corrected chi connectivity index (χ4v) is 4.72. The summed E-state index contributed by atoms with van der Waals surface area (Å²) in [6.07, 6.45) is 2.89. The van der Waals surface area contributed by atoms with Gasteiger partial charge in [0.15, 0.2) is 5.43 Å². The highest BCUT2D eigenvalue weighted by atomic mass is 127. The fraction of sp³-hybridized carbons (Fsp3) is 0.696. The van der Waals surface area contributed by atoms with E-state index in [4.69, 9.17) is 13.9 Å². The summed E-state index contributed by atoms with van der Waals surface area (Å²) in [5.74, 6) is 1.51. The molecule has 6 heteroatoms. The predicted molar refractivity (Wildman–Crippen MR) is 133 cm³/mol. The standard InChI is InChI=1S/C23H39IO4Si/c1-10-20(27-14-26-11-12-29(7,8)9)17(4)23-19(6)21(25)18(5)22(28-23)15(2)13-16(3)24/h13,15,17,20H,10-12,14H2,1-9H3/b16-13+/t15-,17-,20+/m1/s1. The zero-order valence-electron chi connectivity index (χ0n) is 19.6. The van der Waals surface area contributed by atoms with Crippen LogP contribution < -0.4 is 5.43 Å². The minimum atomic E-state index is -1.10. The average molecular weight is 535 g/mol. The minimum Gasteiger partial charge on any atom is -0.464 e. The first-order valence-electron chi connectivity index (χ1n) is 10.6. The van der Waals surface area contributed by atoms with Crippen molar-refractivity contribution in [3.05, 3.63) is 42.5 Å². The molecule has 0 saturated heterocycles. The van der Waals surface area contributed by atoms with E-state index in [-0.39, 0.29) is 30.2 Å². The summed E-state index contributed by atoms with van der Waals surface area (Å²) in [5.41, 5.74) is 1.45. The third-order valence-corrected chi connectivity index (χ3v) is 7.33. The Morgan fingerprint density at radius 2 is 1.76 bits per heavy atom. The third-order valence-electron chi connectivity index (χ3n) is 5.27. The molecule has 0 aliphatic rings. The van der Waals surface area contributed by atoms with Crippen molar-refractivity contribution in [3.63, 3.8) is 0 Å². The van der Waals surface area contributed by atoms with Gasteiger partial charge in [-0.15, -0.1) is 0 Å². The lowest BCUT2D eigenvalue weighted by atomic mass is 9.94. The van der Waals surface area contributed by atoms with Gasteiger partial charge < -0.3 is 13.9 Å². The van der Waals surface area contributed by atoms with Crippen LogP contribution in [0.4, 0.5) is 0 Å². The zero-order valence-corrected chi connectivity index (χ0v) is 22.8. The predicted octanol–water partition coefficient (Wildman–Crippen LogP) is 6.91. The van der Waals surface area contributed by atoms with Gasteiger partial charge in [0.05, 0.1) is 6.10 Å². The van der Waals surface area contributed by atoms with Crippen molar-refractivity contribution >= 4 is 30.7 Å². The van der Waals surface area contributed by atoms with Crippen LogP contribution in [0.1, 0.15) is 68.6 Å². The van der Waals surface area contributed by atoms with Crippen LogP contribution in [0, 0.1) is 13.8 Å². The normalized spacial score (nSPS) is 16.0. The second-order valence-electron chi connectivity index (χ2n) is 9.19. The molecule has 166 valence electrons. The Morgan fingerprint density at radius 3 is 2.28 bits per heavy atom. The molecule has 1 aromatic rings. The number of hydrogen-bond acceptors (Lipinski definition) is 4. The molecule has 0 N–H and O–H groups in total. The maximum Gasteiger partial charge on any atom is 0.191 e. The number of ether oxygens (including phenoxy) is 2. The van der Waals surface area contributed by atoms with Crippen LogP contribution in [-0.2, 0) is 9.47 Å². The summed E-state index contributed by atoms with van der Waals surface area (Å²) in [6.45, 7) is 20.0. The van der Waals surface area contributed by atoms with Gasteiger partial charge in [-0.3, -0.25) is 4.79 Å². The van der Waals surface area contributed by atoms with Crippen molar-refractivity contribution in [1.82, 2.24) is 0 Å². The lowest BCUT2D eigenvalue weighted by molar-refractivity contribution is -0.0950. The van der Waals surface area contributed by atoms with Crippen molar-refractivity contribution in [3.8, 4) is 0 Å². The molecule has 0 spiro atoms. The van der Waals surface area contributed by atoms with Crippen LogP contribution in [0.15, 0.2) is 18.9 Å². The molecular weight excluding hydrogens is 495 g/mol. The molecule has 0 unspecified atom stereocenters. The molecule has 0 saturated carbocycles. The lowest BCUT2D eigenvalue weighted by Crippen LogP contribution is -2.26. The Hall–Kier alpha value is -0.443. The SMILES string of the molecule is CC[C@H](OCOCC[Si](C)(C)C)[C@@H](C)c1oc([C@H](C)/C=C(\C)I)c(C)c(=O)c1C. The van der Waals surface area contributed by atoms with Crippen LogP contribution in [0.2, 0.25) is 25.7 Å². The van der Waals surface area contributed by atoms with Gasteiger partial charge in [-0.05, 0) is 59.4 Å². The monoisotopic (exact) mass is 534 g/mol. The van der Waals surface area contributed by atoms with E-state index in [1.165, 1.54) is 3.58 Å². The van der Waals surface area contributed by atoms with Crippen LogP contribution in [-0.4, -0.2) is 27.6 Å². The molecule has 0 aliphatic heterocycles. The molecule has 0 amide bonds. The Bertz CT molecular complexity index is 744. The highest BCUT2D eigenvalue weighted by Crippen LogP contribution is 2.30. The minimum absolute atomic E-state index is 0.0236. The highest BCUT2D eigenvalue weighted by Gasteiger charge is 2.26. The molecule has 4 nitrogen and oxygen atoms in total. The topological polar surface area (TPSA) is 48.7 Å². The molecule has 29 heavy (non-hydrogen) atoms. The number of allylic oxidation sites excluding steroid dienone is 2. The van der Waals surface area contributed by atoms with Gasteiger partial charge in [-0.2, -0.15) is 0 Å². The van der Waals surface area contributed by atoms with Gasteiger partial charge in [0.1, 0.15) is 18.3 Å². The number of rotatable bonds is 11. The van der Waals surface area contributed by atoms with Crippen molar-refractivity contribution in [2.24, 2.45) is 0 Å².